The molecule has 3 N–H and O–H groups in total. The highest BCUT2D eigenvalue weighted by Crippen LogP contribution is 2.26. The number of hydrogen-bond donors (Lipinski definition) is 2. The number of nitrogens with one attached hydrogen (secondary N) is 1. The van der Waals surface area contributed by atoms with E-state index >= 15 is 0 Å². The molecular formula is C22H31N7O. The van der Waals surface area contributed by atoms with Crippen LogP contribution in [0.4, 0.5) is 11.8 Å². The molecule has 8 heteroatoms. The molecule has 160 valence electrons. The third kappa shape index (κ3) is 4.48. The van der Waals surface area contributed by atoms with Gasteiger partial charge in [-0.2, -0.15) is 10.1 Å². The summed E-state index contributed by atoms with van der Waals surface area (Å²) >= 11 is 0. The van der Waals surface area contributed by atoms with E-state index < -0.39 is 0 Å². The van der Waals surface area contributed by atoms with Crippen LogP contribution in [-0.2, 0) is 13.1 Å². The third-order valence-corrected chi connectivity index (χ3v) is 5.61. The van der Waals surface area contributed by atoms with E-state index in [4.69, 9.17) is 10.5 Å². The van der Waals surface area contributed by atoms with Crippen LogP contribution in [-0.4, -0.2) is 51.4 Å². The second kappa shape index (κ2) is 9.30. The van der Waals surface area contributed by atoms with Crippen molar-refractivity contribution in [2.45, 2.75) is 45.7 Å². The Labute approximate surface area is 177 Å². The molecule has 0 unspecified atom stereocenters. The molecule has 2 aromatic heterocycles. The van der Waals surface area contributed by atoms with Gasteiger partial charge in [-0.15, -0.1) is 0 Å². The fourth-order valence-electron chi connectivity index (χ4n) is 4.02. The summed E-state index contributed by atoms with van der Waals surface area (Å²) in [4.78, 5) is 11.3. The molecule has 8 nitrogen and oxygen atoms in total. The fraction of sp³-hybridized carbons (Fsp3) is 0.500. The summed E-state index contributed by atoms with van der Waals surface area (Å²) in [5, 5.41) is 7.95. The maximum Gasteiger partial charge on any atom is 0.222 e. The molecule has 3 heterocycles. The first-order chi connectivity index (χ1) is 14.7. The number of aromatic nitrogens is 4. The Morgan fingerprint density at radius 1 is 1.17 bits per heavy atom. The van der Waals surface area contributed by atoms with E-state index in [2.05, 4.69) is 50.4 Å². The second-order valence-corrected chi connectivity index (χ2v) is 7.88. The van der Waals surface area contributed by atoms with Crippen molar-refractivity contribution >= 4 is 22.8 Å². The Morgan fingerprint density at radius 3 is 2.77 bits per heavy atom. The molecule has 0 atom stereocenters. The van der Waals surface area contributed by atoms with Gasteiger partial charge in [-0.3, -0.25) is 9.58 Å². The number of hydrogen-bond acceptors (Lipinski definition) is 7. The van der Waals surface area contributed by atoms with Crippen LogP contribution in [0.15, 0.2) is 24.4 Å². The first-order valence-electron chi connectivity index (χ1n) is 10.8. The molecule has 1 aromatic carbocycles. The van der Waals surface area contributed by atoms with Crippen molar-refractivity contribution in [1.29, 1.82) is 0 Å². The Hall–Kier alpha value is -2.87. The monoisotopic (exact) mass is 409 g/mol. The number of ether oxygens (including phenoxy) is 1. The van der Waals surface area contributed by atoms with Crippen LogP contribution < -0.4 is 15.8 Å². The van der Waals surface area contributed by atoms with Gasteiger partial charge in [0.25, 0.3) is 0 Å². The lowest BCUT2D eigenvalue weighted by molar-refractivity contribution is 0.330. The van der Waals surface area contributed by atoms with E-state index in [1.807, 2.05) is 4.68 Å². The standard InChI is InChI=1S/C22H31N7O/c1-3-4-9-24-21-20-18(26-22(23)27-21)13-25-29(20)15-17-8-7-16(12-19(17)30-2)14-28-10-5-6-11-28/h7-8,12-13H,3-6,9-11,14-15H2,1-2H3,(H3,23,24,26,27). The van der Waals surface area contributed by atoms with E-state index in [0.717, 1.165) is 54.1 Å². The average molecular weight is 410 g/mol. The van der Waals surface area contributed by atoms with Crippen molar-refractivity contribution in [3.63, 3.8) is 0 Å². The highest BCUT2D eigenvalue weighted by atomic mass is 16.5. The van der Waals surface area contributed by atoms with Crippen LogP contribution in [0.1, 0.15) is 43.7 Å². The normalized spacial score (nSPS) is 14.5. The van der Waals surface area contributed by atoms with Crippen LogP contribution in [0.25, 0.3) is 11.0 Å². The number of anilines is 2. The van der Waals surface area contributed by atoms with E-state index in [1.165, 1.54) is 31.5 Å². The number of fused-ring (bicyclic) bond motifs is 1. The van der Waals surface area contributed by atoms with Gasteiger partial charge in [-0.1, -0.05) is 25.5 Å². The third-order valence-electron chi connectivity index (χ3n) is 5.61. The van der Waals surface area contributed by atoms with Gasteiger partial charge in [0.1, 0.15) is 16.8 Å². The molecule has 3 aromatic rings. The quantitative estimate of drug-likeness (QED) is 0.524. The molecule has 0 bridgehead atoms. The summed E-state index contributed by atoms with van der Waals surface area (Å²) in [5.41, 5.74) is 9.85. The number of unbranched alkanes of at least 4 members (excludes halogenated alkanes) is 1. The van der Waals surface area contributed by atoms with Gasteiger partial charge >= 0.3 is 0 Å². The molecule has 0 saturated carbocycles. The van der Waals surface area contributed by atoms with Gasteiger partial charge in [0.2, 0.25) is 5.95 Å². The van der Waals surface area contributed by atoms with Crippen molar-refractivity contribution < 1.29 is 4.74 Å². The summed E-state index contributed by atoms with van der Waals surface area (Å²) in [7, 11) is 1.72. The Balaban J connectivity index is 1.60. The number of nitrogen functional groups attached to an aromatic ring is 1. The number of likely N-dealkylation sites (tertiary alicyclic amines) is 1. The van der Waals surface area contributed by atoms with Gasteiger partial charge in [0, 0.05) is 18.7 Å². The number of nitrogens with zero attached hydrogens (tertiary/aromatic N) is 5. The topological polar surface area (TPSA) is 94.1 Å². The second-order valence-electron chi connectivity index (χ2n) is 7.88. The number of benzene rings is 1. The lowest BCUT2D eigenvalue weighted by atomic mass is 10.1. The lowest BCUT2D eigenvalue weighted by Crippen LogP contribution is -2.18. The van der Waals surface area contributed by atoms with Gasteiger partial charge in [-0.05, 0) is 44.0 Å². The van der Waals surface area contributed by atoms with Crippen LogP contribution in [0.3, 0.4) is 0 Å². The van der Waals surface area contributed by atoms with E-state index in [9.17, 15) is 0 Å². The van der Waals surface area contributed by atoms with Crippen molar-refractivity contribution in [1.82, 2.24) is 24.6 Å². The molecular weight excluding hydrogens is 378 g/mol. The highest BCUT2D eigenvalue weighted by Gasteiger charge is 2.16. The lowest BCUT2D eigenvalue weighted by Gasteiger charge is -2.17. The zero-order chi connectivity index (χ0) is 20.9. The maximum atomic E-state index is 5.90. The summed E-state index contributed by atoms with van der Waals surface area (Å²) in [5.74, 6) is 1.87. The Bertz CT molecular complexity index is 995. The average Bonchev–Trinajstić information content (AvgIpc) is 3.39. The Morgan fingerprint density at radius 2 is 2.00 bits per heavy atom. The first kappa shape index (κ1) is 20.4. The van der Waals surface area contributed by atoms with E-state index in [-0.39, 0.29) is 5.95 Å². The number of methoxy groups -OCH3 is 1. The van der Waals surface area contributed by atoms with Gasteiger partial charge < -0.3 is 15.8 Å². The number of rotatable bonds is 9. The van der Waals surface area contributed by atoms with Crippen LogP contribution >= 0.6 is 0 Å². The molecule has 1 saturated heterocycles. The molecule has 0 radical (unpaired) electrons. The van der Waals surface area contributed by atoms with Gasteiger partial charge in [0.05, 0.1) is 19.9 Å². The summed E-state index contributed by atoms with van der Waals surface area (Å²) in [6.07, 6.45) is 6.50. The minimum absolute atomic E-state index is 0.255. The number of nitrogens with two attached hydrogens (primary N) is 1. The van der Waals surface area contributed by atoms with Gasteiger partial charge in [-0.25, -0.2) is 4.98 Å². The largest absolute Gasteiger partial charge is 0.496 e. The van der Waals surface area contributed by atoms with E-state index in [0.29, 0.717) is 6.54 Å². The molecule has 0 aliphatic carbocycles. The zero-order valence-electron chi connectivity index (χ0n) is 17.9. The van der Waals surface area contributed by atoms with Crippen LogP contribution in [0.5, 0.6) is 5.75 Å². The maximum absolute atomic E-state index is 5.90. The summed E-state index contributed by atoms with van der Waals surface area (Å²) in [6.45, 7) is 6.91. The van der Waals surface area contributed by atoms with Crippen molar-refractivity contribution in [2.75, 3.05) is 37.8 Å². The van der Waals surface area contributed by atoms with E-state index in [1.54, 1.807) is 13.3 Å². The van der Waals surface area contributed by atoms with Crippen molar-refractivity contribution in [3.05, 3.63) is 35.5 Å². The summed E-state index contributed by atoms with van der Waals surface area (Å²) < 4.78 is 7.63. The van der Waals surface area contributed by atoms with Gasteiger partial charge in [0.15, 0.2) is 5.82 Å². The molecule has 1 fully saturated rings. The Kier molecular flexibility index (Phi) is 6.32. The molecule has 1 aliphatic heterocycles. The molecule has 30 heavy (non-hydrogen) atoms. The zero-order valence-corrected chi connectivity index (χ0v) is 17.9. The summed E-state index contributed by atoms with van der Waals surface area (Å²) in [6, 6.07) is 6.48. The molecule has 4 rings (SSSR count). The SMILES string of the molecule is CCCCNc1nc(N)nc2cnn(Cc3ccc(CN4CCCC4)cc3OC)c12. The highest BCUT2D eigenvalue weighted by molar-refractivity contribution is 5.86. The van der Waals surface area contributed by atoms with Crippen molar-refractivity contribution in [2.24, 2.45) is 0 Å². The van der Waals surface area contributed by atoms with Crippen molar-refractivity contribution in [3.8, 4) is 5.75 Å². The minimum Gasteiger partial charge on any atom is -0.496 e. The molecule has 1 aliphatic rings. The smallest absolute Gasteiger partial charge is 0.222 e. The predicted octanol–water partition coefficient (Wildman–Crippen LogP) is 3.27. The first-order valence-corrected chi connectivity index (χ1v) is 10.8. The van der Waals surface area contributed by atoms with Crippen LogP contribution in [0, 0.1) is 0 Å². The van der Waals surface area contributed by atoms with Crippen LogP contribution in [0.2, 0.25) is 0 Å². The molecule has 0 spiro atoms. The molecule has 0 amide bonds. The fourth-order valence-corrected chi connectivity index (χ4v) is 4.02. The minimum atomic E-state index is 0.255. The predicted molar refractivity (Wildman–Crippen MR) is 120 cm³/mol.